The number of anilines is 1. The molecule has 176 valence electrons. The smallest absolute Gasteiger partial charge is 0.321 e. The number of aromatic nitrogens is 1. The summed E-state index contributed by atoms with van der Waals surface area (Å²) in [5, 5.41) is 4.19. The maximum absolute atomic E-state index is 13.3. The van der Waals surface area contributed by atoms with Crippen LogP contribution in [0, 0.1) is 0 Å². The van der Waals surface area contributed by atoms with Crippen LogP contribution in [0.4, 0.5) is 10.5 Å². The number of fused-ring (bicyclic) bond motifs is 1. The van der Waals surface area contributed by atoms with Crippen molar-refractivity contribution in [2.75, 3.05) is 38.6 Å². The van der Waals surface area contributed by atoms with Gasteiger partial charge in [-0.1, -0.05) is 11.6 Å². The first kappa shape index (κ1) is 23.4. The molecule has 0 bridgehead atoms. The largest absolute Gasteiger partial charge is 0.495 e. The lowest BCUT2D eigenvalue weighted by molar-refractivity contribution is 0.214. The van der Waals surface area contributed by atoms with Crippen LogP contribution >= 0.6 is 11.6 Å². The van der Waals surface area contributed by atoms with Gasteiger partial charge in [0.2, 0.25) is 10.0 Å². The minimum atomic E-state index is -3.67. The number of hydrogen-bond donors (Lipinski definition) is 1. The number of urea groups is 1. The molecule has 2 amide bonds. The van der Waals surface area contributed by atoms with Crippen molar-refractivity contribution < 1.29 is 17.9 Å². The molecule has 0 spiro atoms. The number of amides is 2. The number of methoxy groups -OCH3 is 1. The molecule has 33 heavy (non-hydrogen) atoms. The molecule has 0 atom stereocenters. The van der Waals surface area contributed by atoms with Crippen molar-refractivity contribution in [3.8, 4) is 5.75 Å². The van der Waals surface area contributed by atoms with Gasteiger partial charge in [0.25, 0.3) is 0 Å². The van der Waals surface area contributed by atoms with Gasteiger partial charge in [-0.15, -0.1) is 0 Å². The summed E-state index contributed by atoms with van der Waals surface area (Å²) in [6, 6.07) is 11.8. The van der Waals surface area contributed by atoms with E-state index >= 15 is 0 Å². The molecule has 1 aliphatic rings. The second kappa shape index (κ2) is 9.62. The third kappa shape index (κ3) is 4.80. The summed E-state index contributed by atoms with van der Waals surface area (Å²) in [6.45, 7) is 4.16. The molecule has 8 nitrogen and oxygen atoms in total. The lowest BCUT2D eigenvalue weighted by Gasteiger charge is -2.23. The number of nitrogens with one attached hydrogen (secondary N) is 1. The third-order valence-corrected chi connectivity index (χ3v) is 8.00. The number of ether oxygens (including phenoxy) is 1. The van der Waals surface area contributed by atoms with E-state index in [4.69, 9.17) is 16.3 Å². The highest BCUT2D eigenvalue weighted by Gasteiger charge is 2.29. The number of nitrogens with zero attached hydrogens (tertiary/aromatic N) is 3. The van der Waals surface area contributed by atoms with E-state index in [2.05, 4.69) is 9.88 Å². The molecule has 2 aromatic carbocycles. The van der Waals surface area contributed by atoms with Crippen molar-refractivity contribution in [3.05, 3.63) is 53.7 Å². The van der Waals surface area contributed by atoms with E-state index in [0.717, 1.165) is 17.4 Å². The van der Waals surface area contributed by atoms with Gasteiger partial charge >= 0.3 is 6.03 Å². The van der Waals surface area contributed by atoms with Gasteiger partial charge in [-0.2, -0.15) is 4.31 Å². The van der Waals surface area contributed by atoms with Crippen molar-refractivity contribution >= 4 is 44.2 Å². The second-order valence-electron chi connectivity index (χ2n) is 7.84. The Morgan fingerprint density at radius 3 is 2.67 bits per heavy atom. The van der Waals surface area contributed by atoms with Gasteiger partial charge in [0, 0.05) is 54.8 Å². The topological polar surface area (TPSA) is 83.9 Å². The van der Waals surface area contributed by atoms with Crippen LogP contribution in [0.5, 0.6) is 5.75 Å². The number of benzene rings is 2. The van der Waals surface area contributed by atoms with Crippen LogP contribution in [0.1, 0.15) is 13.3 Å². The van der Waals surface area contributed by atoms with Gasteiger partial charge in [-0.3, -0.25) is 0 Å². The summed E-state index contributed by atoms with van der Waals surface area (Å²) in [4.78, 5) is 14.7. The minimum absolute atomic E-state index is 0.219. The molecular formula is C23H27ClN4O4S. The maximum Gasteiger partial charge on any atom is 0.321 e. The van der Waals surface area contributed by atoms with Crippen LogP contribution in [0.3, 0.4) is 0 Å². The Hall–Kier alpha value is -2.75. The Bertz CT molecular complexity index is 1270. The minimum Gasteiger partial charge on any atom is -0.495 e. The number of carbonyl (C=O) groups excluding carboxylic acids is 1. The molecule has 1 aromatic heterocycles. The van der Waals surface area contributed by atoms with Crippen molar-refractivity contribution in [2.45, 2.75) is 24.8 Å². The van der Waals surface area contributed by atoms with Crippen molar-refractivity contribution in [1.29, 1.82) is 0 Å². The molecule has 0 unspecified atom stereocenters. The maximum atomic E-state index is 13.3. The summed E-state index contributed by atoms with van der Waals surface area (Å²) in [7, 11) is -2.15. The quantitative estimate of drug-likeness (QED) is 0.579. The number of carbonyl (C=O) groups is 1. The van der Waals surface area contributed by atoms with Crippen molar-refractivity contribution in [1.82, 2.24) is 13.8 Å². The van der Waals surface area contributed by atoms with E-state index in [1.807, 2.05) is 25.3 Å². The monoisotopic (exact) mass is 490 g/mol. The van der Waals surface area contributed by atoms with Crippen molar-refractivity contribution in [3.63, 3.8) is 0 Å². The van der Waals surface area contributed by atoms with Crippen LogP contribution in [-0.2, 0) is 16.6 Å². The molecule has 0 radical (unpaired) electrons. The first-order valence-electron chi connectivity index (χ1n) is 10.8. The Balaban J connectivity index is 1.47. The Morgan fingerprint density at radius 1 is 1.09 bits per heavy atom. The second-order valence-corrected chi connectivity index (χ2v) is 10.2. The molecular weight excluding hydrogens is 464 g/mol. The molecule has 2 heterocycles. The van der Waals surface area contributed by atoms with Crippen LogP contribution in [-0.4, -0.2) is 61.5 Å². The van der Waals surface area contributed by atoms with Gasteiger partial charge in [-0.05, 0) is 55.8 Å². The highest BCUT2D eigenvalue weighted by atomic mass is 35.5. The molecule has 10 heteroatoms. The molecule has 1 aliphatic heterocycles. The van der Waals surface area contributed by atoms with E-state index in [0.29, 0.717) is 36.0 Å². The Labute approximate surface area is 198 Å². The summed E-state index contributed by atoms with van der Waals surface area (Å²) in [5.74, 6) is 0.499. The Morgan fingerprint density at radius 2 is 1.91 bits per heavy atom. The molecule has 1 N–H and O–H groups in total. The zero-order valence-corrected chi connectivity index (χ0v) is 20.2. The van der Waals surface area contributed by atoms with Gasteiger partial charge in [-0.25, -0.2) is 13.2 Å². The average Bonchev–Trinajstić information content (AvgIpc) is 3.04. The zero-order valence-electron chi connectivity index (χ0n) is 18.6. The number of aryl methyl sites for hydroxylation is 1. The molecule has 0 aliphatic carbocycles. The summed E-state index contributed by atoms with van der Waals surface area (Å²) in [6.07, 6.45) is 2.49. The fourth-order valence-electron chi connectivity index (χ4n) is 4.07. The first-order valence-corrected chi connectivity index (χ1v) is 12.6. The van der Waals surface area contributed by atoms with E-state index in [-0.39, 0.29) is 24.0 Å². The highest BCUT2D eigenvalue weighted by molar-refractivity contribution is 7.89. The highest BCUT2D eigenvalue weighted by Crippen LogP contribution is 2.28. The molecule has 0 saturated carbocycles. The third-order valence-electron chi connectivity index (χ3n) is 5.87. The van der Waals surface area contributed by atoms with Crippen LogP contribution < -0.4 is 10.1 Å². The normalized spacial score (nSPS) is 15.4. The summed E-state index contributed by atoms with van der Waals surface area (Å²) >= 11 is 6.05. The predicted octanol–water partition coefficient (Wildman–Crippen LogP) is 4.25. The zero-order chi connectivity index (χ0) is 23.6. The molecule has 1 saturated heterocycles. The lowest BCUT2D eigenvalue weighted by Crippen LogP contribution is -2.39. The number of sulfonamides is 1. The van der Waals surface area contributed by atoms with E-state index < -0.39 is 10.0 Å². The number of hydrogen-bond acceptors (Lipinski definition) is 4. The predicted molar refractivity (Wildman–Crippen MR) is 130 cm³/mol. The standard InChI is InChI=1S/C23H27ClN4O4S/c1-3-26-12-9-17-15-19(6-7-21(17)26)33(30,31)28-11-4-10-27(13-14-28)23(29)25-20-16-18(24)5-8-22(20)32-2/h5-9,12,15-16H,3-4,10-11,13-14H2,1-2H3,(H,25,29). The average molecular weight is 491 g/mol. The van der Waals surface area contributed by atoms with Gasteiger partial charge in [0.15, 0.2) is 0 Å². The van der Waals surface area contributed by atoms with Gasteiger partial charge in [0.05, 0.1) is 17.7 Å². The summed E-state index contributed by atoms with van der Waals surface area (Å²) < 4.78 is 35.4. The number of rotatable bonds is 5. The summed E-state index contributed by atoms with van der Waals surface area (Å²) in [5.41, 5.74) is 1.47. The SMILES string of the molecule is CCn1ccc2cc(S(=O)(=O)N3CCCN(C(=O)Nc4cc(Cl)ccc4OC)CC3)ccc21. The van der Waals surface area contributed by atoms with E-state index in [1.54, 1.807) is 35.2 Å². The van der Waals surface area contributed by atoms with Crippen LogP contribution in [0.2, 0.25) is 5.02 Å². The van der Waals surface area contributed by atoms with Crippen LogP contribution in [0.25, 0.3) is 10.9 Å². The molecule has 4 rings (SSSR count). The lowest BCUT2D eigenvalue weighted by atomic mass is 10.2. The van der Waals surface area contributed by atoms with E-state index in [1.165, 1.54) is 11.4 Å². The molecule has 1 fully saturated rings. The number of halogens is 1. The fourth-order valence-corrected chi connectivity index (χ4v) is 5.75. The van der Waals surface area contributed by atoms with E-state index in [9.17, 15) is 13.2 Å². The van der Waals surface area contributed by atoms with Crippen LogP contribution in [0.15, 0.2) is 53.6 Å². The first-order chi connectivity index (χ1) is 15.8. The van der Waals surface area contributed by atoms with Gasteiger partial charge < -0.3 is 19.5 Å². The van der Waals surface area contributed by atoms with Crippen molar-refractivity contribution in [2.24, 2.45) is 0 Å². The van der Waals surface area contributed by atoms with Gasteiger partial charge in [0.1, 0.15) is 5.75 Å². The molecule has 3 aromatic rings. The fraction of sp³-hybridized carbons (Fsp3) is 0.348. The Kier molecular flexibility index (Phi) is 6.83.